The predicted molar refractivity (Wildman–Crippen MR) is 63.5 cm³/mol. The topological polar surface area (TPSA) is 46.2 Å². The molecule has 1 aromatic heterocycles. The number of thiophene rings is 1. The lowest BCUT2D eigenvalue weighted by atomic mass is 10.2. The fourth-order valence-corrected chi connectivity index (χ4v) is 3.00. The lowest BCUT2D eigenvalue weighted by Gasteiger charge is -2.02. The summed E-state index contributed by atoms with van der Waals surface area (Å²) >= 11 is 5.11. The summed E-state index contributed by atoms with van der Waals surface area (Å²) in [7, 11) is 0. The molecule has 14 heavy (non-hydrogen) atoms. The maximum Gasteiger partial charge on any atom is 0.0632 e. The third-order valence-corrected chi connectivity index (χ3v) is 4.32. The molecule has 2 aromatic rings. The molecule has 3 N–H and O–H groups in total. The van der Waals surface area contributed by atoms with Crippen LogP contribution in [0.4, 0.5) is 0 Å². The molecule has 0 aliphatic rings. The van der Waals surface area contributed by atoms with E-state index in [2.05, 4.69) is 15.9 Å². The van der Waals surface area contributed by atoms with Crippen LogP contribution >= 0.6 is 27.3 Å². The number of hydrogen-bond acceptors (Lipinski definition) is 3. The molecule has 1 unspecified atom stereocenters. The van der Waals surface area contributed by atoms with Crippen molar-refractivity contribution in [2.75, 3.05) is 6.61 Å². The Kier molecular flexibility index (Phi) is 2.88. The van der Waals surface area contributed by atoms with Gasteiger partial charge in [0.05, 0.1) is 12.6 Å². The second kappa shape index (κ2) is 3.98. The van der Waals surface area contributed by atoms with Gasteiger partial charge in [-0.1, -0.05) is 12.1 Å². The molecule has 0 radical (unpaired) electrons. The van der Waals surface area contributed by atoms with Gasteiger partial charge in [-0.2, -0.15) is 0 Å². The first-order valence-corrected chi connectivity index (χ1v) is 5.87. The van der Waals surface area contributed by atoms with E-state index in [1.54, 1.807) is 11.3 Å². The molecule has 1 aromatic carbocycles. The normalized spacial score (nSPS) is 13.4. The van der Waals surface area contributed by atoms with Crippen LogP contribution in [0.5, 0.6) is 0 Å². The van der Waals surface area contributed by atoms with Crippen LogP contribution in [0.1, 0.15) is 10.9 Å². The van der Waals surface area contributed by atoms with E-state index in [0.29, 0.717) is 0 Å². The predicted octanol–water partition coefficient (Wildman–Crippen LogP) is 2.66. The monoisotopic (exact) mass is 271 g/mol. The van der Waals surface area contributed by atoms with E-state index in [9.17, 15) is 0 Å². The van der Waals surface area contributed by atoms with E-state index >= 15 is 0 Å². The Labute approximate surface area is 94.5 Å². The van der Waals surface area contributed by atoms with Crippen LogP contribution in [0.3, 0.4) is 0 Å². The van der Waals surface area contributed by atoms with E-state index in [4.69, 9.17) is 10.8 Å². The van der Waals surface area contributed by atoms with Crippen molar-refractivity contribution in [1.82, 2.24) is 0 Å². The molecule has 4 heteroatoms. The van der Waals surface area contributed by atoms with Crippen molar-refractivity contribution in [2.24, 2.45) is 5.73 Å². The van der Waals surface area contributed by atoms with Gasteiger partial charge in [-0.15, -0.1) is 11.3 Å². The summed E-state index contributed by atoms with van der Waals surface area (Å²) < 4.78 is 2.27. The summed E-state index contributed by atoms with van der Waals surface area (Å²) in [5, 5.41) is 10.1. The lowest BCUT2D eigenvalue weighted by Crippen LogP contribution is -2.12. The molecule has 0 saturated carbocycles. The van der Waals surface area contributed by atoms with Crippen molar-refractivity contribution in [3.8, 4) is 0 Å². The van der Waals surface area contributed by atoms with Crippen molar-refractivity contribution in [2.45, 2.75) is 6.04 Å². The highest BCUT2D eigenvalue weighted by molar-refractivity contribution is 9.10. The molecule has 2 rings (SSSR count). The number of rotatable bonds is 2. The third kappa shape index (κ3) is 1.70. The maximum absolute atomic E-state index is 8.95. The number of halogens is 1. The van der Waals surface area contributed by atoms with Crippen molar-refractivity contribution < 1.29 is 5.11 Å². The second-order valence-corrected chi connectivity index (χ2v) is 5.03. The van der Waals surface area contributed by atoms with Gasteiger partial charge in [0, 0.05) is 14.0 Å². The number of benzene rings is 1. The van der Waals surface area contributed by atoms with Crippen LogP contribution in [0.2, 0.25) is 0 Å². The molecule has 2 nitrogen and oxygen atoms in total. The first-order chi connectivity index (χ1) is 6.72. The minimum atomic E-state index is -0.265. The van der Waals surface area contributed by atoms with Crippen molar-refractivity contribution in [1.29, 1.82) is 0 Å². The molecular weight excluding hydrogens is 262 g/mol. The van der Waals surface area contributed by atoms with Gasteiger partial charge in [-0.05, 0) is 33.4 Å². The number of hydrogen-bond donors (Lipinski definition) is 2. The lowest BCUT2D eigenvalue weighted by molar-refractivity contribution is 0.269. The molecule has 0 amide bonds. The molecule has 74 valence electrons. The van der Waals surface area contributed by atoms with Gasteiger partial charge in [0.2, 0.25) is 0 Å². The largest absolute Gasteiger partial charge is 0.394 e. The summed E-state index contributed by atoms with van der Waals surface area (Å²) in [6.45, 7) is -0.00948. The van der Waals surface area contributed by atoms with E-state index in [1.807, 2.05) is 24.3 Å². The van der Waals surface area contributed by atoms with E-state index in [1.165, 1.54) is 10.1 Å². The Morgan fingerprint density at radius 1 is 1.50 bits per heavy atom. The van der Waals surface area contributed by atoms with Crippen LogP contribution in [0.25, 0.3) is 10.1 Å². The standard InChI is InChI=1S/C10H10BrNOS/c11-7-3-1-2-6-4-9(8(12)5-13)14-10(6)7/h1-4,8,13H,5,12H2. The average molecular weight is 272 g/mol. The molecule has 0 fully saturated rings. The van der Waals surface area contributed by atoms with E-state index in [-0.39, 0.29) is 12.6 Å². The summed E-state index contributed by atoms with van der Waals surface area (Å²) in [5.41, 5.74) is 5.75. The highest BCUT2D eigenvalue weighted by Crippen LogP contribution is 2.33. The van der Waals surface area contributed by atoms with Crippen molar-refractivity contribution >= 4 is 37.4 Å². The highest BCUT2D eigenvalue weighted by atomic mass is 79.9. The van der Waals surface area contributed by atoms with E-state index in [0.717, 1.165) is 9.35 Å². The molecule has 0 aliphatic heterocycles. The third-order valence-electron chi connectivity index (χ3n) is 2.08. The second-order valence-electron chi connectivity index (χ2n) is 3.10. The van der Waals surface area contributed by atoms with Crippen LogP contribution in [-0.4, -0.2) is 11.7 Å². The Morgan fingerprint density at radius 3 is 2.93 bits per heavy atom. The van der Waals surface area contributed by atoms with Crippen LogP contribution in [-0.2, 0) is 0 Å². The average Bonchev–Trinajstić information content (AvgIpc) is 2.62. The highest BCUT2D eigenvalue weighted by Gasteiger charge is 2.09. The Bertz CT molecular complexity index is 454. The van der Waals surface area contributed by atoms with Crippen molar-refractivity contribution in [3.63, 3.8) is 0 Å². The van der Waals surface area contributed by atoms with Gasteiger partial charge in [0.1, 0.15) is 0 Å². The Hall–Kier alpha value is -0.420. The molecule has 1 heterocycles. The minimum Gasteiger partial charge on any atom is -0.394 e. The fraction of sp³-hybridized carbons (Fsp3) is 0.200. The molecular formula is C10H10BrNOS. The van der Waals surface area contributed by atoms with Gasteiger partial charge in [0.25, 0.3) is 0 Å². The summed E-state index contributed by atoms with van der Waals surface area (Å²) in [6, 6.07) is 7.82. The zero-order chi connectivity index (χ0) is 10.1. The first-order valence-electron chi connectivity index (χ1n) is 4.27. The van der Waals surface area contributed by atoms with Gasteiger partial charge >= 0.3 is 0 Å². The number of aliphatic hydroxyl groups excluding tert-OH is 1. The summed E-state index contributed by atoms with van der Waals surface area (Å²) in [4.78, 5) is 1.02. The maximum atomic E-state index is 8.95. The van der Waals surface area contributed by atoms with Crippen LogP contribution < -0.4 is 5.73 Å². The zero-order valence-corrected chi connectivity index (χ0v) is 9.81. The minimum absolute atomic E-state index is 0.00948. The number of fused-ring (bicyclic) bond motifs is 1. The zero-order valence-electron chi connectivity index (χ0n) is 7.40. The summed E-state index contributed by atoms with van der Waals surface area (Å²) in [6.07, 6.45) is 0. The molecule has 0 aliphatic carbocycles. The summed E-state index contributed by atoms with van der Waals surface area (Å²) in [5.74, 6) is 0. The van der Waals surface area contributed by atoms with Crippen LogP contribution in [0, 0.1) is 0 Å². The number of aliphatic hydroxyl groups is 1. The first kappa shape index (κ1) is 10.1. The fourth-order valence-electron chi connectivity index (χ4n) is 1.32. The Balaban J connectivity index is 2.56. The SMILES string of the molecule is NC(CO)c1cc2cccc(Br)c2s1. The van der Waals surface area contributed by atoms with E-state index < -0.39 is 0 Å². The molecule has 0 saturated heterocycles. The molecule has 0 spiro atoms. The van der Waals surface area contributed by atoms with Gasteiger partial charge in [-0.25, -0.2) is 0 Å². The quantitative estimate of drug-likeness (QED) is 0.882. The smallest absolute Gasteiger partial charge is 0.0632 e. The molecule has 1 atom stereocenters. The van der Waals surface area contributed by atoms with Gasteiger partial charge in [0.15, 0.2) is 0 Å². The Morgan fingerprint density at radius 2 is 2.29 bits per heavy atom. The van der Waals surface area contributed by atoms with Crippen LogP contribution in [0.15, 0.2) is 28.7 Å². The molecule has 0 bridgehead atoms. The van der Waals surface area contributed by atoms with Gasteiger partial charge < -0.3 is 10.8 Å². The van der Waals surface area contributed by atoms with Crippen molar-refractivity contribution in [3.05, 3.63) is 33.6 Å². The van der Waals surface area contributed by atoms with Gasteiger partial charge in [-0.3, -0.25) is 0 Å². The number of nitrogens with two attached hydrogens (primary N) is 1.